The molecule has 0 unspecified atom stereocenters. The Hall–Kier alpha value is -2.23. The zero-order valence-corrected chi connectivity index (χ0v) is 12.6. The number of carbonyl (C=O) groups is 1. The fourth-order valence-electron chi connectivity index (χ4n) is 1.87. The third-order valence-electron chi connectivity index (χ3n) is 2.98. The Labute approximate surface area is 127 Å². The number of hydrogen-bond donors (Lipinski definition) is 1. The molecule has 0 aliphatic carbocycles. The largest absolute Gasteiger partial charge is 0.336 e. The van der Waals surface area contributed by atoms with Crippen LogP contribution in [0.3, 0.4) is 0 Å². The van der Waals surface area contributed by atoms with Gasteiger partial charge in [-0.15, -0.1) is 11.3 Å². The Morgan fingerprint density at radius 1 is 1.43 bits per heavy atom. The number of nitriles is 1. The number of hydrogen-bond acceptors (Lipinski definition) is 5. The smallest absolute Gasteiger partial charge is 0.273 e. The number of thiazole rings is 1. The monoisotopic (exact) mass is 300 g/mol. The van der Waals surface area contributed by atoms with Crippen LogP contribution in [0, 0.1) is 11.3 Å². The van der Waals surface area contributed by atoms with E-state index in [9.17, 15) is 4.79 Å². The topological polar surface area (TPSA) is 83.0 Å². The van der Waals surface area contributed by atoms with Crippen LogP contribution in [0.15, 0.2) is 29.6 Å². The van der Waals surface area contributed by atoms with E-state index < -0.39 is 0 Å². The van der Waals surface area contributed by atoms with Crippen molar-refractivity contribution in [3.8, 4) is 6.07 Å². The number of rotatable bonds is 5. The van der Waals surface area contributed by atoms with E-state index in [0.717, 1.165) is 10.6 Å². The molecule has 2 rings (SSSR count). The predicted octanol–water partition coefficient (Wildman–Crippen LogP) is 1.79. The molecule has 108 valence electrons. The van der Waals surface area contributed by atoms with Crippen LogP contribution in [-0.4, -0.2) is 29.4 Å². The molecule has 0 saturated heterocycles. The highest BCUT2D eigenvalue weighted by molar-refractivity contribution is 7.09. The summed E-state index contributed by atoms with van der Waals surface area (Å²) in [5.74, 6) is -0.112. The summed E-state index contributed by atoms with van der Waals surface area (Å²) in [5.41, 5.74) is 7.52. The average molecular weight is 300 g/mol. The number of carbonyl (C=O) groups excluding carboxylic acids is 1. The van der Waals surface area contributed by atoms with Gasteiger partial charge in [-0.2, -0.15) is 5.26 Å². The van der Waals surface area contributed by atoms with Crippen molar-refractivity contribution >= 4 is 17.2 Å². The van der Waals surface area contributed by atoms with E-state index in [-0.39, 0.29) is 5.91 Å². The minimum atomic E-state index is -0.112. The zero-order valence-electron chi connectivity index (χ0n) is 11.7. The summed E-state index contributed by atoms with van der Waals surface area (Å²) in [6, 6.07) is 9.26. The summed E-state index contributed by atoms with van der Waals surface area (Å²) in [4.78, 5) is 18.2. The van der Waals surface area contributed by atoms with Gasteiger partial charge in [-0.3, -0.25) is 4.79 Å². The lowest BCUT2D eigenvalue weighted by Crippen LogP contribution is -2.26. The molecule has 1 aromatic heterocycles. The van der Waals surface area contributed by atoms with E-state index in [1.54, 1.807) is 29.5 Å². The fourth-order valence-corrected chi connectivity index (χ4v) is 2.66. The first-order chi connectivity index (χ1) is 10.1. The van der Waals surface area contributed by atoms with Crippen LogP contribution in [0.25, 0.3) is 0 Å². The molecule has 6 heteroatoms. The number of nitrogens with zero attached hydrogens (tertiary/aromatic N) is 3. The molecule has 0 spiro atoms. The highest BCUT2D eigenvalue weighted by Gasteiger charge is 2.15. The Bertz CT molecular complexity index is 657. The molecule has 2 N–H and O–H groups in total. The summed E-state index contributed by atoms with van der Waals surface area (Å²) in [6.45, 7) is 1.01. The Kier molecular flexibility index (Phi) is 5.04. The Balaban J connectivity index is 2.02. The van der Waals surface area contributed by atoms with Crippen molar-refractivity contribution in [3.05, 3.63) is 51.5 Å². The second kappa shape index (κ2) is 6.97. The lowest BCUT2D eigenvalue weighted by Gasteiger charge is -2.16. The van der Waals surface area contributed by atoms with Gasteiger partial charge in [0.05, 0.1) is 16.6 Å². The van der Waals surface area contributed by atoms with E-state index in [0.29, 0.717) is 30.8 Å². The summed E-state index contributed by atoms with van der Waals surface area (Å²) in [7, 11) is 1.74. The average Bonchev–Trinajstić information content (AvgIpc) is 2.96. The van der Waals surface area contributed by atoms with Crippen molar-refractivity contribution in [3.63, 3.8) is 0 Å². The zero-order chi connectivity index (χ0) is 15.2. The molecule has 0 aliphatic rings. The molecular formula is C15H16N4OS. The SMILES string of the molecule is CN(Cc1ccc(C#N)cc1)C(=O)c1csc(CCN)n1. The molecule has 0 atom stereocenters. The van der Waals surface area contributed by atoms with Gasteiger partial charge in [-0.1, -0.05) is 12.1 Å². The van der Waals surface area contributed by atoms with Crippen molar-refractivity contribution in [1.82, 2.24) is 9.88 Å². The van der Waals surface area contributed by atoms with Crippen LogP contribution in [0.4, 0.5) is 0 Å². The van der Waals surface area contributed by atoms with Crippen LogP contribution < -0.4 is 5.73 Å². The van der Waals surface area contributed by atoms with Crippen molar-refractivity contribution in [2.75, 3.05) is 13.6 Å². The molecule has 0 aliphatic heterocycles. The van der Waals surface area contributed by atoms with Crippen LogP contribution in [0.1, 0.15) is 26.6 Å². The Morgan fingerprint density at radius 3 is 2.76 bits per heavy atom. The van der Waals surface area contributed by atoms with Crippen LogP contribution in [0.5, 0.6) is 0 Å². The molecule has 1 aromatic carbocycles. The van der Waals surface area contributed by atoms with E-state index in [1.807, 2.05) is 12.1 Å². The van der Waals surface area contributed by atoms with E-state index in [4.69, 9.17) is 11.0 Å². The van der Waals surface area contributed by atoms with Gasteiger partial charge in [0, 0.05) is 25.4 Å². The molecule has 1 amide bonds. The summed E-state index contributed by atoms with van der Waals surface area (Å²) in [6.07, 6.45) is 0.692. The van der Waals surface area contributed by atoms with Gasteiger partial charge >= 0.3 is 0 Å². The third-order valence-corrected chi connectivity index (χ3v) is 3.89. The van der Waals surface area contributed by atoms with E-state index >= 15 is 0 Å². The van der Waals surface area contributed by atoms with Gasteiger partial charge in [-0.25, -0.2) is 4.98 Å². The maximum atomic E-state index is 12.3. The fraction of sp³-hybridized carbons (Fsp3) is 0.267. The molecule has 0 bridgehead atoms. The second-order valence-electron chi connectivity index (χ2n) is 4.64. The first kappa shape index (κ1) is 15.2. The lowest BCUT2D eigenvalue weighted by atomic mass is 10.1. The van der Waals surface area contributed by atoms with Gasteiger partial charge in [0.25, 0.3) is 5.91 Å². The summed E-state index contributed by atoms with van der Waals surface area (Å²) >= 11 is 1.46. The summed E-state index contributed by atoms with van der Waals surface area (Å²) < 4.78 is 0. The van der Waals surface area contributed by atoms with Gasteiger partial charge in [0.1, 0.15) is 5.69 Å². The molecule has 1 heterocycles. The standard InChI is InChI=1S/C15H16N4OS/c1-19(9-12-4-2-11(8-17)3-5-12)15(20)13-10-21-14(18-13)6-7-16/h2-5,10H,6-7,9,16H2,1H3. The first-order valence-corrected chi connectivity index (χ1v) is 7.41. The number of amides is 1. The molecule has 0 radical (unpaired) electrons. The maximum absolute atomic E-state index is 12.3. The van der Waals surface area contributed by atoms with Gasteiger partial charge in [-0.05, 0) is 24.2 Å². The molecule has 0 fully saturated rings. The molecule has 2 aromatic rings. The van der Waals surface area contributed by atoms with Crippen LogP contribution in [0.2, 0.25) is 0 Å². The van der Waals surface area contributed by atoms with Gasteiger partial charge in [0.15, 0.2) is 0 Å². The van der Waals surface area contributed by atoms with Crippen LogP contribution in [-0.2, 0) is 13.0 Å². The maximum Gasteiger partial charge on any atom is 0.273 e. The van der Waals surface area contributed by atoms with E-state index in [2.05, 4.69) is 11.1 Å². The molecule has 0 saturated carbocycles. The number of benzene rings is 1. The third kappa shape index (κ3) is 3.88. The molecular weight excluding hydrogens is 284 g/mol. The van der Waals surface area contributed by atoms with Crippen molar-refractivity contribution in [1.29, 1.82) is 5.26 Å². The predicted molar refractivity (Wildman–Crippen MR) is 81.8 cm³/mol. The molecule has 21 heavy (non-hydrogen) atoms. The van der Waals surface area contributed by atoms with Crippen molar-refractivity contribution < 1.29 is 4.79 Å². The second-order valence-corrected chi connectivity index (χ2v) is 5.58. The van der Waals surface area contributed by atoms with E-state index in [1.165, 1.54) is 11.3 Å². The van der Waals surface area contributed by atoms with Crippen molar-refractivity contribution in [2.24, 2.45) is 5.73 Å². The minimum Gasteiger partial charge on any atom is -0.336 e. The Morgan fingerprint density at radius 2 is 2.14 bits per heavy atom. The lowest BCUT2D eigenvalue weighted by molar-refractivity contribution is 0.0780. The van der Waals surface area contributed by atoms with Gasteiger partial charge < -0.3 is 10.6 Å². The summed E-state index contributed by atoms with van der Waals surface area (Å²) in [5, 5.41) is 11.4. The number of aromatic nitrogens is 1. The minimum absolute atomic E-state index is 0.112. The highest BCUT2D eigenvalue weighted by atomic mass is 32.1. The molecule has 5 nitrogen and oxygen atoms in total. The van der Waals surface area contributed by atoms with Crippen molar-refractivity contribution in [2.45, 2.75) is 13.0 Å². The quantitative estimate of drug-likeness (QED) is 0.912. The van der Waals surface area contributed by atoms with Gasteiger partial charge in [0.2, 0.25) is 0 Å². The highest BCUT2D eigenvalue weighted by Crippen LogP contribution is 2.13. The van der Waals surface area contributed by atoms with Crippen LogP contribution >= 0.6 is 11.3 Å². The normalized spacial score (nSPS) is 10.1. The first-order valence-electron chi connectivity index (χ1n) is 6.53. The number of nitrogens with two attached hydrogens (primary N) is 1.